The maximum Gasteiger partial charge on any atom is 0.230 e. The highest BCUT2D eigenvalue weighted by Gasteiger charge is 2.27. The molecule has 1 fully saturated rings. The van der Waals surface area contributed by atoms with Gasteiger partial charge in [-0.1, -0.05) is 5.16 Å². The molecule has 0 aliphatic carbocycles. The van der Waals surface area contributed by atoms with Crippen molar-refractivity contribution < 1.29 is 14.1 Å². The van der Waals surface area contributed by atoms with Crippen LogP contribution in [0.25, 0.3) is 0 Å². The number of Topliss-reactive ketones (excluding diaryl/α,β-unsaturated/α-hetero) is 1. The average molecular weight is 209 g/mol. The van der Waals surface area contributed by atoms with Crippen LogP contribution in [-0.4, -0.2) is 39.8 Å². The number of carbonyl (C=O) groups is 2. The smallest absolute Gasteiger partial charge is 0.230 e. The molecule has 0 unspecified atom stereocenters. The summed E-state index contributed by atoms with van der Waals surface area (Å²) in [6.07, 6.45) is 0.530. The molecule has 1 aliphatic rings. The van der Waals surface area contributed by atoms with Crippen molar-refractivity contribution in [3.05, 3.63) is 11.7 Å². The Morgan fingerprint density at radius 2 is 2.27 bits per heavy atom. The van der Waals surface area contributed by atoms with Crippen molar-refractivity contribution in [2.75, 3.05) is 13.1 Å². The van der Waals surface area contributed by atoms with E-state index in [1.165, 1.54) is 4.90 Å². The van der Waals surface area contributed by atoms with Gasteiger partial charge in [0.2, 0.25) is 11.8 Å². The number of hydrogen-bond acceptors (Lipinski definition) is 5. The Morgan fingerprint density at radius 1 is 1.47 bits per heavy atom. The Hall–Kier alpha value is -1.72. The highest BCUT2D eigenvalue weighted by molar-refractivity contribution is 6.05. The lowest BCUT2D eigenvalue weighted by Gasteiger charge is -2.11. The second kappa shape index (κ2) is 3.80. The quantitative estimate of drug-likeness (QED) is 0.640. The number of likely N-dealkylation sites (tertiary alicyclic amines) is 1. The zero-order valence-corrected chi connectivity index (χ0v) is 8.39. The van der Waals surface area contributed by atoms with E-state index in [4.69, 9.17) is 4.52 Å². The second-order valence-electron chi connectivity index (χ2n) is 3.52. The lowest BCUT2D eigenvalue weighted by molar-refractivity contribution is -0.127. The molecule has 0 radical (unpaired) electrons. The van der Waals surface area contributed by atoms with Crippen LogP contribution in [-0.2, 0) is 16.0 Å². The Morgan fingerprint density at radius 3 is 2.80 bits per heavy atom. The second-order valence-corrected chi connectivity index (χ2v) is 3.52. The van der Waals surface area contributed by atoms with Crippen molar-refractivity contribution in [1.82, 2.24) is 15.0 Å². The number of nitrogens with zero attached hydrogens (tertiary/aromatic N) is 3. The van der Waals surface area contributed by atoms with Gasteiger partial charge in [-0.05, 0) is 6.92 Å². The zero-order chi connectivity index (χ0) is 10.8. The van der Waals surface area contributed by atoms with Crippen molar-refractivity contribution in [1.29, 1.82) is 0 Å². The minimum absolute atomic E-state index is 0.0262. The summed E-state index contributed by atoms with van der Waals surface area (Å²) in [6, 6.07) is 0. The van der Waals surface area contributed by atoms with Crippen molar-refractivity contribution >= 4 is 11.7 Å². The zero-order valence-electron chi connectivity index (χ0n) is 8.39. The molecule has 1 aromatic heterocycles. The van der Waals surface area contributed by atoms with Gasteiger partial charge in [0.15, 0.2) is 11.6 Å². The van der Waals surface area contributed by atoms with E-state index in [2.05, 4.69) is 10.1 Å². The number of carbonyl (C=O) groups excluding carboxylic acids is 2. The molecule has 2 heterocycles. The van der Waals surface area contributed by atoms with E-state index in [0.717, 1.165) is 0 Å². The lowest BCUT2D eigenvalue weighted by atomic mass is 10.3. The van der Waals surface area contributed by atoms with Gasteiger partial charge in [-0.3, -0.25) is 9.59 Å². The maximum absolute atomic E-state index is 11.2. The Balaban J connectivity index is 1.88. The normalized spacial score (nSPS) is 16.5. The number of hydrogen-bond donors (Lipinski definition) is 0. The van der Waals surface area contributed by atoms with Crippen molar-refractivity contribution in [2.45, 2.75) is 19.8 Å². The first-order valence-corrected chi connectivity index (χ1v) is 4.74. The van der Waals surface area contributed by atoms with Crippen LogP contribution in [0.2, 0.25) is 0 Å². The van der Waals surface area contributed by atoms with Gasteiger partial charge in [-0.2, -0.15) is 4.98 Å². The monoisotopic (exact) mass is 209 g/mol. The molecule has 0 aromatic carbocycles. The highest BCUT2D eigenvalue weighted by Crippen LogP contribution is 2.07. The Bertz CT molecular complexity index is 399. The molecule has 0 N–H and O–H groups in total. The minimum atomic E-state index is -0.115. The molecule has 0 atom stereocenters. The SMILES string of the molecule is Cc1noc(CCN2CC(=O)CC2=O)n1. The molecule has 0 saturated carbocycles. The van der Waals surface area contributed by atoms with E-state index in [9.17, 15) is 9.59 Å². The van der Waals surface area contributed by atoms with Gasteiger partial charge in [0, 0.05) is 13.0 Å². The predicted molar refractivity (Wildman–Crippen MR) is 48.9 cm³/mol. The van der Waals surface area contributed by atoms with E-state index < -0.39 is 0 Å². The highest BCUT2D eigenvalue weighted by atomic mass is 16.5. The fraction of sp³-hybridized carbons (Fsp3) is 0.556. The van der Waals surface area contributed by atoms with Gasteiger partial charge in [0.25, 0.3) is 0 Å². The van der Waals surface area contributed by atoms with E-state index >= 15 is 0 Å². The van der Waals surface area contributed by atoms with Gasteiger partial charge in [0.1, 0.15) is 0 Å². The first-order valence-electron chi connectivity index (χ1n) is 4.74. The molecule has 15 heavy (non-hydrogen) atoms. The predicted octanol–water partition coefficient (Wildman–Crippen LogP) is -0.278. The molecule has 0 bridgehead atoms. The average Bonchev–Trinajstić information content (AvgIpc) is 2.70. The molecular formula is C9H11N3O3. The third-order valence-electron chi connectivity index (χ3n) is 2.23. The minimum Gasteiger partial charge on any atom is -0.339 e. The van der Waals surface area contributed by atoms with Crippen LogP contribution < -0.4 is 0 Å². The Kier molecular flexibility index (Phi) is 2.49. The van der Waals surface area contributed by atoms with E-state index in [1.807, 2.05) is 0 Å². The molecule has 1 aliphatic heterocycles. The largest absolute Gasteiger partial charge is 0.339 e. The standard InChI is InChI=1S/C9H11N3O3/c1-6-10-8(15-11-6)2-3-12-5-7(13)4-9(12)14/h2-5H2,1H3. The summed E-state index contributed by atoms with van der Waals surface area (Å²) in [6.45, 7) is 2.41. The molecule has 80 valence electrons. The van der Waals surface area contributed by atoms with Crippen LogP contribution in [0.1, 0.15) is 18.1 Å². The molecule has 1 amide bonds. The topological polar surface area (TPSA) is 76.3 Å². The van der Waals surface area contributed by atoms with Gasteiger partial charge < -0.3 is 9.42 Å². The molecular weight excluding hydrogens is 198 g/mol. The maximum atomic E-state index is 11.2. The fourth-order valence-electron chi connectivity index (χ4n) is 1.51. The summed E-state index contributed by atoms with van der Waals surface area (Å²) in [5, 5.41) is 3.64. The molecule has 1 aromatic rings. The third-order valence-corrected chi connectivity index (χ3v) is 2.23. The summed E-state index contributed by atoms with van der Waals surface area (Å²) in [5.74, 6) is 0.937. The fourth-order valence-corrected chi connectivity index (χ4v) is 1.51. The summed E-state index contributed by atoms with van der Waals surface area (Å²) in [7, 11) is 0. The van der Waals surface area contributed by atoms with Crippen LogP contribution in [0.15, 0.2) is 4.52 Å². The van der Waals surface area contributed by atoms with Crippen LogP contribution >= 0.6 is 0 Å². The summed E-state index contributed by atoms with van der Waals surface area (Å²) < 4.78 is 4.90. The first-order chi connectivity index (χ1) is 7.15. The number of ketones is 1. The van der Waals surface area contributed by atoms with E-state index in [-0.39, 0.29) is 24.7 Å². The van der Waals surface area contributed by atoms with Gasteiger partial charge >= 0.3 is 0 Å². The van der Waals surface area contributed by atoms with Gasteiger partial charge in [-0.25, -0.2) is 0 Å². The van der Waals surface area contributed by atoms with E-state index in [0.29, 0.717) is 24.7 Å². The van der Waals surface area contributed by atoms with Crippen LogP contribution in [0.4, 0.5) is 0 Å². The third kappa shape index (κ3) is 2.20. The Labute approximate surface area is 86.2 Å². The van der Waals surface area contributed by atoms with Crippen molar-refractivity contribution in [3.63, 3.8) is 0 Å². The molecule has 6 nitrogen and oxygen atoms in total. The number of aromatic nitrogens is 2. The van der Waals surface area contributed by atoms with Gasteiger partial charge in [-0.15, -0.1) is 0 Å². The number of aryl methyl sites for hydroxylation is 1. The van der Waals surface area contributed by atoms with E-state index in [1.54, 1.807) is 6.92 Å². The molecule has 2 rings (SSSR count). The lowest BCUT2D eigenvalue weighted by Crippen LogP contribution is -2.27. The summed E-state index contributed by atoms with van der Waals surface area (Å²) in [5.41, 5.74) is 0. The molecule has 1 saturated heterocycles. The number of rotatable bonds is 3. The molecule has 0 spiro atoms. The van der Waals surface area contributed by atoms with Crippen molar-refractivity contribution in [3.8, 4) is 0 Å². The number of amides is 1. The van der Waals surface area contributed by atoms with Crippen molar-refractivity contribution in [2.24, 2.45) is 0 Å². The van der Waals surface area contributed by atoms with Gasteiger partial charge in [0.05, 0.1) is 13.0 Å². The summed E-state index contributed by atoms with van der Waals surface area (Å²) >= 11 is 0. The van der Waals surface area contributed by atoms with Crippen LogP contribution in [0.3, 0.4) is 0 Å². The molecule has 6 heteroatoms. The van der Waals surface area contributed by atoms with Crippen LogP contribution in [0.5, 0.6) is 0 Å². The summed E-state index contributed by atoms with van der Waals surface area (Å²) in [4.78, 5) is 27.7. The first kappa shape index (κ1) is 9.82. The van der Waals surface area contributed by atoms with Crippen LogP contribution in [0, 0.1) is 6.92 Å².